The van der Waals surface area contributed by atoms with Gasteiger partial charge in [0.05, 0.1) is 16.3 Å². The second-order valence-corrected chi connectivity index (χ2v) is 6.02. The van der Waals surface area contributed by atoms with Gasteiger partial charge in [0.1, 0.15) is 3.92 Å². The van der Waals surface area contributed by atoms with Crippen LogP contribution in [-0.2, 0) is 9.53 Å². The fraction of sp³-hybridized carbons (Fsp3) is 0.333. The van der Waals surface area contributed by atoms with Gasteiger partial charge in [0.15, 0.2) is 0 Å². The Kier molecular flexibility index (Phi) is 5.50. The molecule has 1 aromatic rings. The summed E-state index contributed by atoms with van der Waals surface area (Å²) < 4.78 is 4.71. The van der Waals surface area contributed by atoms with E-state index in [1.165, 1.54) is 18.4 Å². The Balaban J connectivity index is 2.44. The summed E-state index contributed by atoms with van der Waals surface area (Å²) in [5.74, 6) is -0.590. The summed E-state index contributed by atoms with van der Waals surface area (Å²) in [6.07, 6.45) is 0. The highest BCUT2D eigenvalue weighted by molar-refractivity contribution is 14.1. The lowest BCUT2D eigenvalue weighted by Crippen LogP contribution is -2.33. The predicted octanol–water partition coefficient (Wildman–Crippen LogP) is 2.11. The Labute approximate surface area is 115 Å². The van der Waals surface area contributed by atoms with Gasteiger partial charge in [-0.25, -0.2) is 0 Å². The van der Waals surface area contributed by atoms with E-state index < -0.39 is 0 Å². The van der Waals surface area contributed by atoms with Gasteiger partial charge in [-0.15, -0.1) is 11.3 Å². The predicted molar refractivity (Wildman–Crippen MR) is 71.5 cm³/mol. The summed E-state index contributed by atoms with van der Waals surface area (Å²) in [5, 5.41) is 2.63. The molecule has 16 heavy (non-hydrogen) atoms. The quantitative estimate of drug-likeness (QED) is 0.500. The van der Waals surface area contributed by atoms with Gasteiger partial charge in [-0.05, 0) is 12.1 Å². The van der Waals surface area contributed by atoms with Crippen LogP contribution in [0.4, 0.5) is 0 Å². The number of carbonyl (C=O) groups excluding carboxylic acids is 2. The smallest absolute Gasteiger partial charge is 0.320 e. The minimum absolute atomic E-state index is 0.234. The van der Waals surface area contributed by atoms with Crippen molar-refractivity contribution < 1.29 is 14.3 Å². The van der Waals surface area contributed by atoms with E-state index in [1.807, 2.05) is 22.6 Å². The summed E-state index contributed by atoms with van der Waals surface area (Å²) in [6, 6.07) is 3.30. The van der Waals surface area contributed by atoms with Crippen LogP contribution in [0.3, 0.4) is 0 Å². The highest BCUT2D eigenvalue weighted by atomic mass is 127. The van der Waals surface area contributed by atoms with Gasteiger partial charge in [-0.2, -0.15) is 0 Å². The third-order valence-electron chi connectivity index (χ3n) is 1.70. The molecule has 7 heteroatoms. The molecule has 1 heterocycles. The van der Waals surface area contributed by atoms with E-state index in [-0.39, 0.29) is 22.3 Å². The zero-order chi connectivity index (χ0) is 12.1. The van der Waals surface area contributed by atoms with Crippen LogP contribution in [0.5, 0.6) is 0 Å². The van der Waals surface area contributed by atoms with E-state index in [0.29, 0.717) is 9.21 Å². The lowest BCUT2D eigenvalue weighted by Gasteiger charge is -2.08. The Morgan fingerprint density at radius 1 is 1.62 bits per heavy atom. The molecule has 1 aromatic heterocycles. The van der Waals surface area contributed by atoms with Gasteiger partial charge < -0.3 is 10.1 Å². The minimum atomic E-state index is -0.387. The van der Waals surface area contributed by atoms with Crippen molar-refractivity contribution in [2.45, 2.75) is 3.92 Å². The molecule has 0 fully saturated rings. The first-order chi connectivity index (χ1) is 7.54. The van der Waals surface area contributed by atoms with Crippen molar-refractivity contribution >= 4 is 57.4 Å². The molecule has 0 spiro atoms. The summed E-state index contributed by atoms with van der Waals surface area (Å²) in [5.41, 5.74) is 0. The number of hydrogen-bond donors (Lipinski definition) is 1. The first-order valence-electron chi connectivity index (χ1n) is 4.30. The molecule has 4 nitrogen and oxygen atoms in total. The van der Waals surface area contributed by atoms with Gasteiger partial charge in [-0.1, -0.05) is 34.2 Å². The highest BCUT2D eigenvalue weighted by Gasteiger charge is 2.17. The van der Waals surface area contributed by atoms with Crippen LogP contribution in [0, 0.1) is 0 Å². The van der Waals surface area contributed by atoms with Crippen LogP contribution in [0.2, 0.25) is 4.34 Å². The Bertz CT molecular complexity index is 396. The van der Waals surface area contributed by atoms with Gasteiger partial charge >= 0.3 is 5.97 Å². The van der Waals surface area contributed by atoms with Crippen molar-refractivity contribution in [3.05, 3.63) is 21.3 Å². The fourth-order valence-electron chi connectivity index (χ4n) is 0.917. The molecular weight excluding hydrogens is 365 g/mol. The summed E-state index contributed by atoms with van der Waals surface area (Å²) in [7, 11) is 1.31. The molecular formula is C9H9ClINO3S. The highest BCUT2D eigenvalue weighted by Crippen LogP contribution is 2.21. The van der Waals surface area contributed by atoms with Crippen molar-refractivity contribution in [2.75, 3.05) is 13.7 Å². The van der Waals surface area contributed by atoms with Crippen LogP contribution in [0.25, 0.3) is 0 Å². The normalized spacial score (nSPS) is 11.9. The number of halogens is 2. The number of amides is 1. The third-order valence-corrected chi connectivity index (χ3v) is 3.87. The van der Waals surface area contributed by atoms with Gasteiger partial charge in [0, 0.05) is 6.54 Å². The van der Waals surface area contributed by atoms with E-state index in [1.54, 1.807) is 12.1 Å². The van der Waals surface area contributed by atoms with Gasteiger partial charge in [0.25, 0.3) is 5.91 Å². The first-order valence-corrected chi connectivity index (χ1v) is 6.74. The van der Waals surface area contributed by atoms with E-state index in [0.717, 1.165) is 0 Å². The van der Waals surface area contributed by atoms with E-state index >= 15 is 0 Å². The summed E-state index contributed by atoms with van der Waals surface area (Å²) >= 11 is 8.81. The van der Waals surface area contributed by atoms with Gasteiger partial charge in [-0.3, -0.25) is 9.59 Å². The van der Waals surface area contributed by atoms with Crippen molar-refractivity contribution in [3.8, 4) is 0 Å². The molecule has 0 aliphatic rings. The molecule has 1 unspecified atom stereocenters. The molecule has 1 atom stereocenters. The number of hydrogen-bond acceptors (Lipinski definition) is 4. The van der Waals surface area contributed by atoms with E-state index in [2.05, 4.69) is 10.1 Å². The maximum absolute atomic E-state index is 11.6. The van der Waals surface area contributed by atoms with Crippen LogP contribution in [0.1, 0.15) is 9.67 Å². The number of methoxy groups -OCH3 is 1. The summed E-state index contributed by atoms with van der Waals surface area (Å²) in [4.78, 5) is 23.2. The second kappa shape index (κ2) is 6.41. The molecule has 88 valence electrons. The number of nitrogens with one attached hydrogen (secondary N) is 1. The molecule has 0 bridgehead atoms. The maximum atomic E-state index is 11.6. The fourth-order valence-corrected chi connectivity index (χ4v) is 2.35. The molecule has 1 N–H and O–H groups in total. The van der Waals surface area contributed by atoms with Crippen molar-refractivity contribution in [2.24, 2.45) is 0 Å². The van der Waals surface area contributed by atoms with Crippen molar-refractivity contribution in [1.82, 2.24) is 5.32 Å². The largest absolute Gasteiger partial charge is 0.468 e. The second-order valence-electron chi connectivity index (χ2n) is 2.80. The number of rotatable bonds is 4. The van der Waals surface area contributed by atoms with Gasteiger partial charge in [0.2, 0.25) is 0 Å². The number of ether oxygens (including phenoxy) is 1. The molecule has 1 amide bonds. The van der Waals surface area contributed by atoms with E-state index in [9.17, 15) is 9.59 Å². The lowest BCUT2D eigenvalue weighted by atomic mass is 10.4. The van der Waals surface area contributed by atoms with Crippen LogP contribution in [0.15, 0.2) is 12.1 Å². The van der Waals surface area contributed by atoms with Crippen LogP contribution in [-0.4, -0.2) is 29.5 Å². The molecule has 0 saturated carbocycles. The molecule has 1 rings (SSSR count). The number of esters is 1. The number of thiophene rings is 1. The molecule has 0 radical (unpaired) electrons. The number of carbonyl (C=O) groups is 2. The molecule has 0 saturated heterocycles. The average Bonchev–Trinajstić information content (AvgIpc) is 2.71. The Morgan fingerprint density at radius 3 is 2.81 bits per heavy atom. The zero-order valence-electron chi connectivity index (χ0n) is 8.33. The SMILES string of the molecule is COC(=O)C(I)CNC(=O)c1ccc(Cl)s1. The first kappa shape index (κ1) is 13.7. The summed E-state index contributed by atoms with van der Waals surface area (Å²) in [6.45, 7) is 0.238. The standard InChI is InChI=1S/C9H9ClINO3S/c1-15-9(14)5(11)4-12-8(13)6-2-3-7(10)16-6/h2-3,5H,4H2,1H3,(H,12,13). The third kappa shape index (κ3) is 3.91. The van der Waals surface area contributed by atoms with Crippen molar-refractivity contribution in [1.29, 1.82) is 0 Å². The minimum Gasteiger partial charge on any atom is -0.468 e. The maximum Gasteiger partial charge on any atom is 0.320 e. The zero-order valence-corrected chi connectivity index (χ0v) is 12.1. The van der Waals surface area contributed by atoms with E-state index in [4.69, 9.17) is 11.6 Å². The van der Waals surface area contributed by atoms with Crippen LogP contribution >= 0.6 is 45.5 Å². The van der Waals surface area contributed by atoms with Crippen LogP contribution < -0.4 is 5.32 Å². The monoisotopic (exact) mass is 373 g/mol. The molecule has 0 aliphatic carbocycles. The molecule has 0 aliphatic heterocycles. The lowest BCUT2D eigenvalue weighted by molar-refractivity contribution is -0.139. The Hall–Kier alpha value is -0.340. The topological polar surface area (TPSA) is 55.4 Å². The van der Waals surface area contributed by atoms with Crippen molar-refractivity contribution in [3.63, 3.8) is 0 Å². The average molecular weight is 374 g/mol. The number of alkyl halides is 1. The molecule has 0 aromatic carbocycles. The Morgan fingerprint density at radius 2 is 2.31 bits per heavy atom.